The van der Waals surface area contributed by atoms with Gasteiger partial charge in [0.2, 0.25) is 0 Å². The number of ether oxygens (including phenoxy) is 1. The molecule has 0 amide bonds. The van der Waals surface area contributed by atoms with Gasteiger partial charge < -0.3 is 10.5 Å². The molecule has 0 radical (unpaired) electrons. The van der Waals surface area contributed by atoms with Gasteiger partial charge in [-0.1, -0.05) is 0 Å². The Balaban J connectivity index is 2.14. The molecule has 0 saturated heterocycles. The molecule has 0 fully saturated rings. The van der Waals surface area contributed by atoms with E-state index in [0.717, 1.165) is 16.0 Å². The van der Waals surface area contributed by atoms with Gasteiger partial charge in [-0.15, -0.1) is 11.3 Å². The second-order valence-corrected chi connectivity index (χ2v) is 6.22. The van der Waals surface area contributed by atoms with Crippen LogP contribution >= 0.6 is 39.0 Å². The standard InChI is InChI=1S/C10H14BrNO2S2/c1-14-10(13)9(12)2-3-15-6-8-4-7(11)5-16-8/h4-5,9H,2-3,6,12H2,1H3. The Kier molecular flexibility index (Phi) is 6.41. The van der Waals surface area contributed by atoms with Crippen LogP contribution in [-0.2, 0) is 15.3 Å². The predicted octanol–water partition coefficient (Wildman–Crippen LogP) is 2.63. The van der Waals surface area contributed by atoms with Gasteiger partial charge in [0, 0.05) is 20.5 Å². The van der Waals surface area contributed by atoms with Gasteiger partial charge in [-0.25, -0.2) is 0 Å². The number of halogens is 1. The summed E-state index contributed by atoms with van der Waals surface area (Å²) in [5.74, 6) is 1.50. The summed E-state index contributed by atoms with van der Waals surface area (Å²) in [6, 6.07) is 1.62. The van der Waals surface area contributed by atoms with Crippen LogP contribution in [0.2, 0.25) is 0 Å². The van der Waals surface area contributed by atoms with Crippen molar-refractivity contribution in [1.82, 2.24) is 0 Å². The molecule has 2 N–H and O–H groups in total. The van der Waals surface area contributed by atoms with Crippen LogP contribution in [0.1, 0.15) is 11.3 Å². The molecule has 0 bridgehead atoms. The number of methoxy groups -OCH3 is 1. The van der Waals surface area contributed by atoms with Gasteiger partial charge in [-0.2, -0.15) is 11.8 Å². The number of thioether (sulfide) groups is 1. The number of hydrogen-bond acceptors (Lipinski definition) is 5. The second kappa shape index (κ2) is 7.32. The Morgan fingerprint density at radius 2 is 2.50 bits per heavy atom. The first-order valence-corrected chi connectivity index (χ1v) is 7.60. The quantitative estimate of drug-likeness (QED) is 0.646. The first kappa shape index (κ1) is 14.0. The van der Waals surface area contributed by atoms with E-state index in [2.05, 4.69) is 32.1 Å². The molecule has 1 unspecified atom stereocenters. The van der Waals surface area contributed by atoms with Crippen LogP contribution in [0.15, 0.2) is 15.9 Å². The molecule has 0 aliphatic heterocycles. The van der Waals surface area contributed by atoms with Crippen molar-refractivity contribution in [3.05, 3.63) is 20.8 Å². The normalized spacial score (nSPS) is 12.4. The van der Waals surface area contributed by atoms with Gasteiger partial charge in [0.05, 0.1) is 7.11 Å². The number of rotatable bonds is 6. The van der Waals surface area contributed by atoms with E-state index in [0.29, 0.717) is 6.42 Å². The Bertz CT molecular complexity index is 343. The molecule has 0 aliphatic carbocycles. The Morgan fingerprint density at radius 1 is 1.75 bits per heavy atom. The molecule has 16 heavy (non-hydrogen) atoms. The van der Waals surface area contributed by atoms with Crippen molar-refractivity contribution in [2.75, 3.05) is 12.9 Å². The predicted molar refractivity (Wildman–Crippen MR) is 72.8 cm³/mol. The largest absolute Gasteiger partial charge is 0.468 e. The molecule has 6 heteroatoms. The van der Waals surface area contributed by atoms with Gasteiger partial charge >= 0.3 is 5.97 Å². The summed E-state index contributed by atoms with van der Waals surface area (Å²) >= 11 is 6.92. The van der Waals surface area contributed by atoms with Crippen molar-refractivity contribution >= 4 is 45.0 Å². The number of esters is 1. The van der Waals surface area contributed by atoms with Crippen LogP contribution in [0.4, 0.5) is 0 Å². The lowest BCUT2D eigenvalue weighted by Gasteiger charge is -2.07. The zero-order valence-electron chi connectivity index (χ0n) is 8.94. The fraction of sp³-hybridized carbons (Fsp3) is 0.500. The summed E-state index contributed by atoms with van der Waals surface area (Å²) < 4.78 is 5.68. The van der Waals surface area contributed by atoms with Gasteiger partial charge in [-0.05, 0) is 34.2 Å². The Morgan fingerprint density at radius 3 is 3.06 bits per heavy atom. The minimum atomic E-state index is -0.493. The topological polar surface area (TPSA) is 52.3 Å². The van der Waals surface area contributed by atoms with Crippen molar-refractivity contribution in [1.29, 1.82) is 0 Å². The van der Waals surface area contributed by atoms with E-state index in [4.69, 9.17) is 5.73 Å². The number of carbonyl (C=O) groups excluding carboxylic acids is 1. The lowest BCUT2D eigenvalue weighted by molar-refractivity contribution is -0.142. The van der Waals surface area contributed by atoms with Crippen molar-refractivity contribution in [2.45, 2.75) is 18.2 Å². The lowest BCUT2D eigenvalue weighted by atomic mass is 10.2. The molecule has 1 atom stereocenters. The molecule has 0 aliphatic rings. The van der Waals surface area contributed by atoms with E-state index in [9.17, 15) is 4.79 Å². The minimum Gasteiger partial charge on any atom is -0.468 e. The van der Waals surface area contributed by atoms with E-state index < -0.39 is 6.04 Å². The molecule has 1 rings (SSSR count). The molecule has 1 aromatic rings. The summed E-state index contributed by atoms with van der Waals surface area (Å²) in [4.78, 5) is 12.3. The zero-order chi connectivity index (χ0) is 12.0. The fourth-order valence-corrected chi connectivity index (χ4v) is 3.69. The third-order valence-corrected chi connectivity index (χ3v) is 4.86. The fourth-order valence-electron chi connectivity index (χ4n) is 1.08. The van der Waals surface area contributed by atoms with Gasteiger partial charge in [0.15, 0.2) is 0 Å². The maximum Gasteiger partial charge on any atom is 0.322 e. The molecular formula is C10H14BrNO2S2. The summed E-state index contributed by atoms with van der Waals surface area (Å²) in [7, 11) is 1.36. The highest BCUT2D eigenvalue weighted by atomic mass is 79.9. The number of thiophene rings is 1. The third kappa shape index (κ3) is 4.86. The van der Waals surface area contributed by atoms with E-state index in [1.54, 1.807) is 23.1 Å². The van der Waals surface area contributed by atoms with Crippen molar-refractivity contribution < 1.29 is 9.53 Å². The summed E-state index contributed by atoms with van der Waals surface area (Å²) in [6.07, 6.45) is 0.657. The molecule has 0 saturated carbocycles. The van der Waals surface area contributed by atoms with Gasteiger partial charge in [0.1, 0.15) is 6.04 Å². The highest BCUT2D eigenvalue weighted by Crippen LogP contribution is 2.24. The Labute approximate surface area is 112 Å². The average Bonchev–Trinajstić information content (AvgIpc) is 2.69. The molecule has 90 valence electrons. The monoisotopic (exact) mass is 323 g/mol. The van der Waals surface area contributed by atoms with Crippen LogP contribution in [-0.4, -0.2) is 24.9 Å². The summed E-state index contributed by atoms with van der Waals surface area (Å²) in [5, 5.41) is 2.07. The van der Waals surface area contributed by atoms with Crippen LogP contribution < -0.4 is 5.73 Å². The molecule has 0 aromatic carbocycles. The van der Waals surface area contributed by atoms with E-state index in [1.165, 1.54) is 12.0 Å². The smallest absolute Gasteiger partial charge is 0.322 e. The third-order valence-electron chi connectivity index (χ3n) is 1.94. The summed E-state index contributed by atoms with van der Waals surface area (Å²) in [5.41, 5.74) is 5.62. The average molecular weight is 324 g/mol. The first-order valence-electron chi connectivity index (χ1n) is 4.77. The highest BCUT2D eigenvalue weighted by Gasteiger charge is 2.12. The minimum absolute atomic E-state index is 0.334. The molecule has 1 heterocycles. The van der Waals surface area contributed by atoms with Crippen LogP contribution in [0, 0.1) is 0 Å². The molecule has 0 spiro atoms. The van der Waals surface area contributed by atoms with E-state index in [1.807, 2.05) is 0 Å². The molecular weight excluding hydrogens is 310 g/mol. The van der Waals surface area contributed by atoms with Gasteiger partial charge in [-0.3, -0.25) is 4.79 Å². The van der Waals surface area contributed by atoms with Crippen LogP contribution in [0.25, 0.3) is 0 Å². The number of hydrogen-bond donors (Lipinski definition) is 1. The lowest BCUT2D eigenvalue weighted by Crippen LogP contribution is -2.31. The van der Waals surface area contributed by atoms with E-state index >= 15 is 0 Å². The summed E-state index contributed by atoms with van der Waals surface area (Å²) in [6.45, 7) is 0. The van der Waals surface area contributed by atoms with Crippen molar-refractivity contribution in [2.24, 2.45) is 5.73 Å². The maximum atomic E-state index is 11.0. The zero-order valence-corrected chi connectivity index (χ0v) is 12.2. The van der Waals surface area contributed by atoms with Crippen molar-refractivity contribution in [3.8, 4) is 0 Å². The van der Waals surface area contributed by atoms with Gasteiger partial charge in [0.25, 0.3) is 0 Å². The van der Waals surface area contributed by atoms with Crippen molar-refractivity contribution in [3.63, 3.8) is 0 Å². The van der Waals surface area contributed by atoms with Crippen LogP contribution in [0.3, 0.4) is 0 Å². The highest BCUT2D eigenvalue weighted by molar-refractivity contribution is 9.10. The Hall–Kier alpha value is -0.0400. The number of carbonyl (C=O) groups is 1. The second-order valence-electron chi connectivity index (χ2n) is 3.20. The molecule has 1 aromatic heterocycles. The number of nitrogens with two attached hydrogens (primary N) is 1. The first-order chi connectivity index (χ1) is 7.63. The SMILES string of the molecule is COC(=O)C(N)CCSCc1cc(Br)cs1. The van der Waals surface area contributed by atoms with E-state index in [-0.39, 0.29) is 5.97 Å². The maximum absolute atomic E-state index is 11.0. The van der Waals surface area contributed by atoms with Crippen LogP contribution in [0.5, 0.6) is 0 Å². The molecule has 3 nitrogen and oxygen atoms in total.